The number of hydrogen-bond acceptors (Lipinski definition) is 3. The molecule has 1 saturated carbocycles. The van der Waals surface area contributed by atoms with Gasteiger partial charge in [-0.25, -0.2) is 0 Å². The van der Waals surface area contributed by atoms with Gasteiger partial charge in [0.25, 0.3) is 5.91 Å². The van der Waals surface area contributed by atoms with E-state index in [0.717, 1.165) is 4.90 Å². The van der Waals surface area contributed by atoms with E-state index in [0.29, 0.717) is 25.7 Å². The number of halogens is 3. The van der Waals surface area contributed by atoms with Gasteiger partial charge >= 0.3 is 6.18 Å². The summed E-state index contributed by atoms with van der Waals surface area (Å²) in [5.41, 5.74) is -4.22. The molecule has 3 rings (SSSR count). The summed E-state index contributed by atoms with van der Waals surface area (Å²) in [6.07, 6.45) is -2.77. The van der Waals surface area contributed by atoms with Gasteiger partial charge in [-0.1, -0.05) is 27.2 Å². The van der Waals surface area contributed by atoms with Gasteiger partial charge in [0, 0.05) is 24.6 Å². The highest BCUT2D eigenvalue weighted by Gasteiger charge is 2.71. The molecule has 1 N–H and O–H groups in total. The lowest BCUT2D eigenvalue weighted by Gasteiger charge is -2.35. The van der Waals surface area contributed by atoms with Gasteiger partial charge in [-0.3, -0.25) is 14.4 Å². The molecule has 27 heavy (non-hydrogen) atoms. The Kier molecular flexibility index (Phi) is 4.67. The van der Waals surface area contributed by atoms with Gasteiger partial charge in [0.1, 0.15) is 0 Å². The molecule has 0 saturated heterocycles. The van der Waals surface area contributed by atoms with Crippen LogP contribution in [0.25, 0.3) is 0 Å². The van der Waals surface area contributed by atoms with Crippen LogP contribution < -0.4 is 5.32 Å². The van der Waals surface area contributed by atoms with Crippen molar-refractivity contribution in [3.63, 3.8) is 0 Å². The van der Waals surface area contributed by atoms with Crippen LogP contribution in [0.5, 0.6) is 0 Å². The maximum atomic E-state index is 14.3. The molecular weight excluding hydrogens is 361 g/mol. The first kappa shape index (κ1) is 19.9. The van der Waals surface area contributed by atoms with Crippen molar-refractivity contribution in [2.24, 2.45) is 11.3 Å². The number of unbranched alkanes of at least 4 members (excludes halogenated alkanes) is 1. The van der Waals surface area contributed by atoms with E-state index in [4.69, 9.17) is 0 Å². The van der Waals surface area contributed by atoms with E-state index >= 15 is 0 Å². The molecule has 1 fully saturated rings. The molecule has 0 aromatic rings. The van der Waals surface area contributed by atoms with E-state index in [1.165, 1.54) is 0 Å². The summed E-state index contributed by atoms with van der Waals surface area (Å²) in [6.45, 7) is 5.58. The third kappa shape index (κ3) is 3.17. The molecule has 0 spiro atoms. The summed E-state index contributed by atoms with van der Waals surface area (Å²) in [6, 6.07) is 0. The number of amides is 2. The van der Waals surface area contributed by atoms with Crippen LogP contribution in [-0.2, 0) is 14.4 Å². The Hall–Kier alpha value is -1.86. The van der Waals surface area contributed by atoms with Crippen molar-refractivity contribution in [2.75, 3.05) is 6.54 Å². The molecule has 1 atom stereocenters. The summed E-state index contributed by atoms with van der Waals surface area (Å²) >= 11 is 0. The fraction of sp³-hybridized carbons (Fsp3) is 0.737. The molecule has 0 aromatic carbocycles. The summed E-state index contributed by atoms with van der Waals surface area (Å²) in [5.74, 6) is -3.26. The van der Waals surface area contributed by atoms with E-state index in [9.17, 15) is 27.6 Å². The van der Waals surface area contributed by atoms with E-state index in [1.807, 2.05) is 12.2 Å². The number of ketones is 1. The van der Waals surface area contributed by atoms with Crippen LogP contribution in [0, 0.1) is 11.3 Å². The standard InChI is InChI=1S/C19H25F3N2O3/c1-4-5-8-24-12-9-17(2,3)10-13(25)14(12)18(16(24)27,19(20,21)22)23-15(26)11-6-7-11/h11H,4-10H2,1-3H3,(H,23,26)/t18-/m1/s1. The predicted octanol–water partition coefficient (Wildman–Crippen LogP) is 3.10. The van der Waals surface area contributed by atoms with Crippen LogP contribution in [0.2, 0.25) is 0 Å². The third-order valence-corrected chi connectivity index (χ3v) is 5.54. The minimum Gasteiger partial charge on any atom is -0.330 e. The van der Waals surface area contributed by atoms with Gasteiger partial charge in [0.15, 0.2) is 5.78 Å². The van der Waals surface area contributed by atoms with Crippen LogP contribution in [0.15, 0.2) is 11.3 Å². The summed E-state index contributed by atoms with van der Waals surface area (Å²) in [7, 11) is 0. The quantitative estimate of drug-likeness (QED) is 0.790. The molecule has 0 radical (unpaired) electrons. The zero-order valence-corrected chi connectivity index (χ0v) is 15.8. The first-order chi connectivity index (χ1) is 12.4. The second-order valence-corrected chi connectivity index (χ2v) is 8.58. The van der Waals surface area contributed by atoms with E-state index in [1.54, 1.807) is 13.8 Å². The van der Waals surface area contributed by atoms with E-state index < -0.39 is 46.2 Å². The lowest BCUT2D eigenvalue weighted by atomic mass is 9.72. The highest BCUT2D eigenvalue weighted by atomic mass is 19.4. The van der Waals surface area contributed by atoms with Crippen LogP contribution >= 0.6 is 0 Å². The zero-order valence-electron chi connectivity index (χ0n) is 15.8. The molecular formula is C19H25F3N2O3. The van der Waals surface area contributed by atoms with Crippen molar-refractivity contribution in [3.05, 3.63) is 11.3 Å². The van der Waals surface area contributed by atoms with Gasteiger partial charge in [0.05, 0.1) is 5.57 Å². The molecule has 3 aliphatic rings. The van der Waals surface area contributed by atoms with Crippen molar-refractivity contribution >= 4 is 17.6 Å². The van der Waals surface area contributed by atoms with Crippen LogP contribution in [0.1, 0.15) is 59.3 Å². The minimum atomic E-state index is -5.09. The van der Waals surface area contributed by atoms with Crippen molar-refractivity contribution in [2.45, 2.75) is 71.0 Å². The molecule has 5 nitrogen and oxygen atoms in total. The Labute approximate surface area is 156 Å². The average Bonchev–Trinajstić information content (AvgIpc) is 3.32. The summed E-state index contributed by atoms with van der Waals surface area (Å²) < 4.78 is 42.9. The largest absolute Gasteiger partial charge is 0.425 e. The molecule has 2 aliphatic carbocycles. The Morgan fingerprint density at radius 2 is 1.85 bits per heavy atom. The summed E-state index contributed by atoms with van der Waals surface area (Å²) in [4.78, 5) is 39.2. The molecule has 0 unspecified atom stereocenters. The maximum absolute atomic E-state index is 14.3. The Morgan fingerprint density at radius 1 is 1.22 bits per heavy atom. The molecule has 1 heterocycles. The second-order valence-electron chi connectivity index (χ2n) is 8.58. The molecule has 0 aromatic heterocycles. The molecule has 0 bridgehead atoms. The fourth-order valence-corrected chi connectivity index (χ4v) is 4.01. The van der Waals surface area contributed by atoms with Crippen molar-refractivity contribution in [3.8, 4) is 0 Å². The van der Waals surface area contributed by atoms with Crippen molar-refractivity contribution in [1.82, 2.24) is 10.2 Å². The molecule has 1 aliphatic heterocycles. The molecule has 2 amide bonds. The Morgan fingerprint density at radius 3 is 2.37 bits per heavy atom. The number of Topliss-reactive ketones (excluding diaryl/α,β-unsaturated/α-hetero) is 1. The predicted molar refractivity (Wildman–Crippen MR) is 91.3 cm³/mol. The number of allylic oxidation sites excluding steroid dienone is 1. The SMILES string of the molecule is CCCCN1C(=O)[C@@](NC(=O)C2CC2)(C(F)(F)F)C2=C1CC(C)(C)CC2=O. The number of alkyl halides is 3. The van der Waals surface area contributed by atoms with Gasteiger partial charge in [-0.2, -0.15) is 13.2 Å². The number of nitrogens with one attached hydrogen (secondary N) is 1. The number of nitrogens with zero attached hydrogens (tertiary/aromatic N) is 1. The van der Waals surface area contributed by atoms with Crippen molar-refractivity contribution < 1.29 is 27.6 Å². The first-order valence-electron chi connectivity index (χ1n) is 9.42. The first-order valence-corrected chi connectivity index (χ1v) is 9.42. The van der Waals surface area contributed by atoms with Crippen LogP contribution in [0.3, 0.4) is 0 Å². The molecule has 8 heteroatoms. The van der Waals surface area contributed by atoms with Crippen molar-refractivity contribution in [1.29, 1.82) is 0 Å². The topological polar surface area (TPSA) is 66.5 Å². The zero-order chi connectivity index (χ0) is 20.2. The number of rotatable bonds is 5. The van der Waals surface area contributed by atoms with Gasteiger partial charge < -0.3 is 10.2 Å². The second kappa shape index (κ2) is 6.34. The smallest absolute Gasteiger partial charge is 0.330 e. The third-order valence-electron chi connectivity index (χ3n) is 5.54. The van der Waals surface area contributed by atoms with Gasteiger partial charge in [0.2, 0.25) is 11.4 Å². The van der Waals surface area contributed by atoms with Crippen LogP contribution in [-0.4, -0.2) is 40.8 Å². The number of carbonyl (C=O) groups is 3. The number of hydrogen-bond donors (Lipinski definition) is 1. The average molecular weight is 386 g/mol. The lowest BCUT2D eigenvalue weighted by molar-refractivity contribution is -0.194. The molecule has 150 valence electrons. The highest BCUT2D eigenvalue weighted by Crippen LogP contribution is 2.52. The minimum absolute atomic E-state index is 0.0855. The van der Waals surface area contributed by atoms with E-state index in [2.05, 4.69) is 0 Å². The maximum Gasteiger partial charge on any atom is 0.425 e. The highest BCUT2D eigenvalue weighted by molar-refractivity contribution is 6.13. The summed E-state index contributed by atoms with van der Waals surface area (Å²) in [5, 5.41) is 1.97. The number of carbonyl (C=O) groups excluding carboxylic acids is 3. The monoisotopic (exact) mass is 386 g/mol. The van der Waals surface area contributed by atoms with Gasteiger partial charge in [-0.15, -0.1) is 0 Å². The Bertz CT molecular complexity index is 722. The Balaban J connectivity index is 2.15. The fourth-order valence-electron chi connectivity index (χ4n) is 4.01. The van der Waals surface area contributed by atoms with Crippen LogP contribution in [0.4, 0.5) is 13.2 Å². The lowest BCUT2D eigenvalue weighted by Crippen LogP contribution is -2.66. The normalized spacial score (nSPS) is 27.9. The van der Waals surface area contributed by atoms with Gasteiger partial charge in [-0.05, 0) is 31.1 Å². The van der Waals surface area contributed by atoms with E-state index in [-0.39, 0.29) is 25.1 Å².